The molecule has 0 aromatic carbocycles. The van der Waals surface area contributed by atoms with E-state index in [9.17, 15) is 14.4 Å². The molecule has 0 saturated heterocycles. The first-order valence-electron chi connectivity index (χ1n) is 14.8. The maximum Gasteiger partial charge on any atom is 0.306 e. The molecule has 4 saturated carbocycles. The van der Waals surface area contributed by atoms with Gasteiger partial charge in [-0.15, -0.1) is 0 Å². The Morgan fingerprint density at radius 3 is 1.91 bits per heavy atom. The number of rotatable bonds is 14. The number of Topliss-reactive ketones (excluding diaryl/α,β-unsaturated/α-hetero) is 2. The number of nitrogens with one attached hydrogen (secondary N) is 2. The number of hydrogen-bond acceptors (Lipinski definition) is 6. The van der Waals surface area contributed by atoms with E-state index in [1.165, 1.54) is 32.1 Å². The predicted molar refractivity (Wildman–Crippen MR) is 137 cm³/mol. The highest BCUT2D eigenvalue weighted by Crippen LogP contribution is 2.30. The molecule has 3 unspecified atom stereocenters. The van der Waals surface area contributed by atoms with E-state index in [0.717, 1.165) is 70.8 Å². The zero-order chi connectivity index (χ0) is 24.6. The van der Waals surface area contributed by atoms with Crippen LogP contribution in [-0.2, 0) is 19.1 Å². The van der Waals surface area contributed by atoms with Crippen LogP contribution in [0, 0.1) is 17.8 Å². The van der Waals surface area contributed by atoms with Crippen LogP contribution in [0.4, 0.5) is 0 Å². The van der Waals surface area contributed by atoms with Crippen molar-refractivity contribution in [3.8, 4) is 0 Å². The van der Waals surface area contributed by atoms with Gasteiger partial charge in [0.1, 0.15) is 12.1 Å². The summed E-state index contributed by atoms with van der Waals surface area (Å²) in [7, 11) is 0. The topological polar surface area (TPSA) is 84.5 Å². The summed E-state index contributed by atoms with van der Waals surface area (Å²) in [5.41, 5.74) is 0. The molecule has 4 aliphatic rings. The number of carbonyl (C=O) groups excluding carboxylic acids is 3. The number of ketones is 2. The molecule has 6 heteroatoms. The largest absolute Gasteiger partial charge is 0.461 e. The van der Waals surface area contributed by atoms with Gasteiger partial charge in [0, 0.05) is 24.3 Å². The first kappa shape index (κ1) is 26.8. The first-order chi connectivity index (χ1) is 17.0. The van der Waals surface area contributed by atoms with Crippen LogP contribution in [0.2, 0.25) is 0 Å². The quantitative estimate of drug-likeness (QED) is 0.339. The average molecular weight is 489 g/mol. The molecule has 0 aromatic heterocycles. The molecule has 35 heavy (non-hydrogen) atoms. The number of carbonyl (C=O) groups is 3. The summed E-state index contributed by atoms with van der Waals surface area (Å²) in [5.74, 6) is 1.15. The van der Waals surface area contributed by atoms with Crippen LogP contribution < -0.4 is 10.6 Å². The van der Waals surface area contributed by atoms with Crippen molar-refractivity contribution < 1.29 is 19.1 Å². The monoisotopic (exact) mass is 488 g/mol. The lowest BCUT2D eigenvalue weighted by molar-refractivity contribution is -0.151. The lowest BCUT2D eigenvalue weighted by Crippen LogP contribution is -2.52. The van der Waals surface area contributed by atoms with Gasteiger partial charge in [-0.25, -0.2) is 0 Å². The van der Waals surface area contributed by atoms with Crippen molar-refractivity contribution >= 4 is 17.5 Å². The van der Waals surface area contributed by atoms with Gasteiger partial charge in [-0.3, -0.25) is 14.4 Å². The van der Waals surface area contributed by atoms with E-state index in [1.807, 2.05) is 6.92 Å². The summed E-state index contributed by atoms with van der Waals surface area (Å²) in [6.45, 7) is 2.74. The molecule has 0 aliphatic heterocycles. The van der Waals surface area contributed by atoms with Gasteiger partial charge >= 0.3 is 5.97 Å². The molecule has 0 radical (unpaired) electrons. The summed E-state index contributed by atoms with van der Waals surface area (Å²) in [5, 5.41) is 7.08. The fourth-order valence-electron chi connectivity index (χ4n) is 6.70. The summed E-state index contributed by atoms with van der Waals surface area (Å²) in [6, 6.07) is -0.331. The van der Waals surface area contributed by atoms with E-state index in [2.05, 4.69) is 10.6 Å². The highest BCUT2D eigenvalue weighted by Gasteiger charge is 2.36. The third-order valence-electron chi connectivity index (χ3n) is 9.24. The number of hydrogen-bond donors (Lipinski definition) is 2. The highest BCUT2D eigenvalue weighted by molar-refractivity contribution is 5.88. The molecule has 2 N–H and O–H groups in total. The molecule has 0 heterocycles. The Bertz CT molecular complexity index is 703. The molecule has 4 fully saturated rings. The molecule has 0 spiro atoms. The van der Waals surface area contributed by atoms with Gasteiger partial charge in [0.2, 0.25) is 0 Å². The van der Waals surface area contributed by atoms with Crippen molar-refractivity contribution in [2.75, 3.05) is 6.54 Å². The second kappa shape index (κ2) is 13.3. The van der Waals surface area contributed by atoms with Gasteiger partial charge < -0.3 is 15.4 Å². The molecular formula is C29H48N2O4. The van der Waals surface area contributed by atoms with Gasteiger partial charge in [0.05, 0.1) is 6.04 Å². The van der Waals surface area contributed by atoms with Crippen molar-refractivity contribution in [3.05, 3.63) is 0 Å². The highest BCUT2D eigenvalue weighted by atomic mass is 16.5. The van der Waals surface area contributed by atoms with Crippen molar-refractivity contribution in [3.63, 3.8) is 0 Å². The third-order valence-corrected chi connectivity index (χ3v) is 9.24. The van der Waals surface area contributed by atoms with Crippen molar-refractivity contribution in [1.82, 2.24) is 10.6 Å². The molecule has 0 aromatic rings. The zero-order valence-electron chi connectivity index (χ0n) is 21.9. The molecule has 0 amide bonds. The van der Waals surface area contributed by atoms with Gasteiger partial charge in [0.25, 0.3) is 0 Å². The second-order valence-electron chi connectivity index (χ2n) is 11.9. The Morgan fingerprint density at radius 2 is 1.34 bits per heavy atom. The Morgan fingerprint density at radius 1 is 0.771 bits per heavy atom. The third kappa shape index (κ3) is 7.61. The summed E-state index contributed by atoms with van der Waals surface area (Å²) < 4.78 is 5.86. The molecule has 6 nitrogen and oxygen atoms in total. The van der Waals surface area contributed by atoms with Crippen LogP contribution in [0.15, 0.2) is 0 Å². The van der Waals surface area contributed by atoms with E-state index in [1.54, 1.807) is 0 Å². The Labute approximate surface area is 212 Å². The van der Waals surface area contributed by atoms with Gasteiger partial charge in [0.15, 0.2) is 11.6 Å². The fraction of sp³-hybridized carbons (Fsp3) is 0.897. The Kier molecular flexibility index (Phi) is 10.2. The van der Waals surface area contributed by atoms with E-state index in [-0.39, 0.29) is 36.1 Å². The fourth-order valence-corrected chi connectivity index (χ4v) is 6.70. The average Bonchev–Trinajstić information content (AvgIpc) is 3.61. The van der Waals surface area contributed by atoms with Crippen LogP contribution >= 0.6 is 0 Å². The predicted octanol–water partition coefficient (Wildman–Crippen LogP) is 4.88. The molecule has 3 atom stereocenters. The van der Waals surface area contributed by atoms with E-state index in [0.29, 0.717) is 24.2 Å². The molecule has 4 rings (SSSR count). The second-order valence-corrected chi connectivity index (χ2v) is 11.9. The molecule has 198 valence electrons. The summed E-state index contributed by atoms with van der Waals surface area (Å²) in [4.78, 5) is 39.4. The summed E-state index contributed by atoms with van der Waals surface area (Å²) in [6.07, 6.45) is 16.9. The number of ether oxygens (including phenoxy) is 1. The van der Waals surface area contributed by atoms with Crippen molar-refractivity contribution in [2.45, 2.75) is 140 Å². The molecular weight excluding hydrogens is 440 g/mol. The molecule has 0 bridgehead atoms. The Hall–Kier alpha value is -1.27. The maximum absolute atomic E-state index is 13.3. The van der Waals surface area contributed by atoms with E-state index in [4.69, 9.17) is 4.74 Å². The van der Waals surface area contributed by atoms with Crippen LogP contribution in [0.25, 0.3) is 0 Å². The zero-order valence-corrected chi connectivity index (χ0v) is 21.9. The summed E-state index contributed by atoms with van der Waals surface area (Å²) >= 11 is 0. The van der Waals surface area contributed by atoms with Gasteiger partial charge in [-0.1, -0.05) is 44.9 Å². The minimum atomic E-state index is -0.483. The van der Waals surface area contributed by atoms with Crippen LogP contribution in [0.1, 0.15) is 116 Å². The lowest BCUT2D eigenvalue weighted by Gasteiger charge is -2.30. The van der Waals surface area contributed by atoms with Crippen molar-refractivity contribution in [1.29, 1.82) is 0 Å². The minimum Gasteiger partial charge on any atom is -0.461 e. The van der Waals surface area contributed by atoms with E-state index >= 15 is 0 Å². The number of esters is 1. The van der Waals surface area contributed by atoms with Crippen LogP contribution in [0.3, 0.4) is 0 Å². The lowest BCUT2D eigenvalue weighted by atomic mass is 9.85. The Balaban J connectivity index is 1.30. The van der Waals surface area contributed by atoms with Crippen molar-refractivity contribution in [2.24, 2.45) is 17.8 Å². The van der Waals surface area contributed by atoms with E-state index < -0.39 is 12.1 Å². The normalized spacial score (nSPS) is 24.8. The van der Waals surface area contributed by atoms with Crippen LogP contribution in [0.5, 0.6) is 0 Å². The SMILES string of the molecule is CC(OC(=O)CCC(NCC1CCC1)C(=O)C1CCCC1)C(NC1CCCC1)C(=O)C1CCCC1. The smallest absolute Gasteiger partial charge is 0.306 e. The van der Waals surface area contributed by atoms with Gasteiger partial charge in [-0.05, 0) is 77.2 Å². The molecule has 4 aliphatic carbocycles. The van der Waals surface area contributed by atoms with Crippen LogP contribution in [-0.4, -0.2) is 48.3 Å². The first-order valence-corrected chi connectivity index (χ1v) is 14.8. The van der Waals surface area contributed by atoms with Gasteiger partial charge in [-0.2, -0.15) is 0 Å². The standard InChI is InChI=1S/C29H48N2O4/c1-20(27(31-24-15-6-7-16-24)29(34)23-13-4-5-14-23)35-26(32)18-17-25(30-19-21-9-8-10-21)28(33)22-11-2-3-12-22/h20-25,27,30-31H,2-19H2,1H3. The minimum absolute atomic E-state index is 0.0965. The maximum atomic E-state index is 13.3.